The fraction of sp³-hybridized carbons (Fsp3) is 0.458. The zero-order valence-electron chi connectivity index (χ0n) is 18.5. The molecule has 3 aliphatic rings. The number of thiophene rings is 1. The zero-order valence-corrected chi connectivity index (χ0v) is 20.1. The van der Waals surface area contributed by atoms with E-state index in [1.54, 1.807) is 11.3 Å². The quantitative estimate of drug-likeness (QED) is 0.618. The second-order valence-corrected chi connectivity index (χ2v) is 10.3. The van der Waals surface area contributed by atoms with E-state index in [0.717, 1.165) is 41.5 Å². The number of rotatable bonds is 3. The van der Waals surface area contributed by atoms with Gasteiger partial charge in [0.15, 0.2) is 5.82 Å². The van der Waals surface area contributed by atoms with Crippen molar-refractivity contribution < 1.29 is 9.53 Å². The van der Waals surface area contributed by atoms with Gasteiger partial charge in [-0.15, -0.1) is 21.5 Å². The third kappa shape index (κ3) is 3.51. The Kier molecular flexibility index (Phi) is 5.49. The average molecular weight is 484 g/mol. The van der Waals surface area contributed by atoms with Crippen LogP contribution in [-0.2, 0) is 35.3 Å². The number of fused-ring (bicyclic) bond motifs is 5. The van der Waals surface area contributed by atoms with Gasteiger partial charge in [0.2, 0.25) is 5.91 Å². The van der Waals surface area contributed by atoms with E-state index in [2.05, 4.69) is 33.1 Å². The summed E-state index contributed by atoms with van der Waals surface area (Å²) in [6, 6.07) is 7.97. The molecular weight excluding hydrogens is 458 g/mol. The van der Waals surface area contributed by atoms with Gasteiger partial charge in [-0.25, -0.2) is 0 Å². The van der Waals surface area contributed by atoms with Gasteiger partial charge in [-0.3, -0.25) is 14.7 Å². The molecule has 1 fully saturated rings. The van der Waals surface area contributed by atoms with Crippen LogP contribution in [0.25, 0.3) is 5.00 Å². The van der Waals surface area contributed by atoms with Crippen LogP contribution < -0.4 is 5.32 Å². The molecule has 172 valence electrons. The predicted molar refractivity (Wildman–Crippen MR) is 127 cm³/mol. The van der Waals surface area contributed by atoms with Crippen molar-refractivity contribution in [2.45, 2.75) is 38.8 Å². The number of halogens is 1. The Balaban J connectivity index is 1.44. The Labute approximate surface area is 201 Å². The number of ether oxygens (including phenoxy) is 1. The van der Waals surface area contributed by atoms with E-state index in [-0.39, 0.29) is 17.9 Å². The lowest BCUT2D eigenvalue weighted by atomic mass is 9.94. The van der Waals surface area contributed by atoms with Gasteiger partial charge >= 0.3 is 0 Å². The molecule has 0 spiro atoms. The SMILES string of the molecule is CCc1nnc2n1-c1sc3c(c1[C@H](c1ccccc1Cl)NC2)C[C@H](C(=O)N1CCOCC1)C3. The van der Waals surface area contributed by atoms with Crippen LogP contribution in [-0.4, -0.2) is 51.9 Å². The molecule has 1 aromatic carbocycles. The molecule has 0 radical (unpaired) electrons. The van der Waals surface area contributed by atoms with Crippen molar-refractivity contribution >= 4 is 28.8 Å². The molecular formula is C24H26ClN5O2S. The van der Waals surface area contributed by atoms with Gasteiger partial charge in [-0.1, -0.05) is 36.7 Å². The number of hydrogen-bond donors (Lipinski definition) is 1. The third-order valence-electron chi connectivity index (χ3n) is 6.95. The normalized spacial score (nSPS) is 21.9. The van der Waals surface area contributed by atoms with Crippen LogP contribution >= 0.6 is 22.9 Å². The summed E-state index contributed by atoms with van der Waals surface area (Å²) in [6.07, 6.45) is 2.36. The Bertz CT molecular complexity index is 1220. The minimum atomic E-state index is -0.0580. The molecule has 1 N–H and O–H groups in total. The molecule has 33 heavy (non-hydrogen) atoms. The number of nitrogens with one attached hydrogen (secondary N) is 1. The Morgan fingerprint density at radius 1 is 1.24 bits per heavy atom. The highest BCUT2D eigenvalue weighted by Crippen LogP contribution is 2.47. The molecule has 2 atom stereocenters. The number of hydrogen-bond acceptors (Lipinski definition) is 6. The second kappa shape index (κ2) is 8.51. The van der Waals surface area contributed by atoms with Gasteiger partial charge in [0, 0.05) is 40.9 Å². The predicted octanol–water partition coefficient (Wildman–Crippen LogP) is 3.31. The Morgan fingerprint density at radius 2 is 2.06 bits per heavy atom. The van der Waals surface area contributed by atoms with E-state index in [4.69, 9.17) is 16.3 Å². The van der Waals surface area contributed by atoms with Crippen molar-refractivity contribution in [3.8, 4) is 5.00 Å². The number of amides is 1. The van der Waals surface area contributed by atoms with Gasteiger partial charge < -0.3 is 9.64 Å². The van der Waals surface area contributed by atoms with Gasteiger partial charge in [0.25, 0.3) is 0 Å². The topological polar surface area (TPSA) is 72.3 Å². The molecule has 0 bridgehead atoms. The van der Waals surface area contributed by atoms with Crippen LogP contribution in [0, 0.1) is 5.92 Å². The van der Waals surface area contributed by atoms with Crippen LogP contribution in [0.1, 0.15) is 46.2 Å². The minimum absolute atomic E-state index is 0.00386. The first-order valence-corrected chi connectivity index (χ1v) is 12.8. The molecule has 4 heterocycles. The highest BCUT2D eigenvalue weighted by atomic mass is 35.5. The molecule has 3 aromatic rings. The first kappa shape index (κ1) is 21.3. The summed E-state index contributed by atoms with van der Waals surface area (Å²) in [4.78, 5) is 16.6. The summed E-state index contributed by atoms with van der Waals surface area (Å²) < 4.78 is 7.67. The summed E-state index contributed by atoms with van der Waals surface area (Å²) in [5.74, 6) is 2.14. The molecule has 1 aliphatic carbocycles. The Hall–Kier alpha value is -2.26. The number of nitrogens with zero attached hydrogens (tertiary/aromatic N) is 4. The summed E-state index contributed by atoms with van der Waals surface area (Å²) in [5, 5.41) is 14.5. The van der Waals surface area contributed by atoms with Gasteiger partial charge in [0.05, 0.1) is 25.8 Å². The van der Waals surface area contributed by atoms with Crippen molar-refractivity contribution in [3.05, 3.63) is 62.5 Å². The van der Waals surface area contributed by atoms with Gasteiger partial charge in [-0.2, -0.15) is 0 Å². The smallest absolute Gasteiger partial charge is 0.226 e. The molecule has 9 heteroatoms. The molecule has 0 saturated carbocycles. The molecule has 1 amide bonds. The number of aromatic nitrogens is 3. The zero-order chi connectivity index (χ0) is 22.5. The maximum atomic E-state index is 13.3. The highest BCUT2D eigenvalue weighted by Gasteiger charge is 2.39. The maximum absolute atomic E-state index is 13.3. The van der Waals surface area contributed by atoms with Crippen molar-refractivity contribution in [2.75, 3.05) is 26.3 Å². The number of morpholine rings is 1. The lowest BCUT2D eigenvalue weighted by Crippen LogP contribution is -2.44. The summed E-state index contributed by atoms with van der Waals surface area (Å²) in [6.45, 7) is 5.35. The van der Waals surface area contributed by atoms with E-state index in [1.807, 2.05) is 23.1 Å². The first-order valence-electron chi connectivity index (χ1n) is 11.6. The summed E-state index contributed by atoms with van der Waals surface area (Å²) >= 11 is 8.47. The summed E-state index contributed by atoms with van der Waals surface area (Å²) in [7, 11) is 0. The fourth-order valence-electron chi connectivity index (χ4n) is 5.33. The van der Waals surface area contributed by atoms with Crippen LogP contribution in [0.3, 0.4) is 0 Å². The molecule has 2 aliphatic heterocycles. The lowest BCUT2D eigenvalue weighted by molar-refractivity contribution is -0.139. The molecule has 6 rings (SSSR count). The van der Waals surface area contributed by atoms with Crippen LogP contribution in [0.15, 0.2) is 24.3 Å². The van der Waals surface area contributed by atoms with E-state index in [9.17, 15) is 4.79 Å². The highest BCUT2D eigenvalue weighted by molar-refractivity contribution is 7.15. The van der Waals surface area contributed by atoms with Crippen molar-refractivity contribution in [3.63, 3.8) is 0 Å². The van der Waals surface area contributed by atoms with Crippen molar-refractivity contribution in [2.24, 2.45) is 5.92 Å². The van der Waals surface area contributed by atoms with Crippen molar-refractivity contribution in [1.82, 2.24) is 25.0 Å². The monoisotopic (exact) mass is 483 g/mol. The number of carbonyl (C=O) groups is 1. The minimum Gasteiger partial charge on any atom is -0.378 e. The van der Waals surface area contributed by atoms with Crippen LogP contribution in [0.4, 0.5) is 0 Å². The van der Waals surface area contributed by atoms with E-state index in [0.29, 0.717) is 32.8 Å². The van der Waals surface area contributed by atoms with Crippen molar-refractivity contribution in [1.29, 1.82) is 0 Å². The number of aryl methyl sites for hydroxylation is 1. The largest absolute Gasteiger partial charge is 0.378 e. The fourth-order valence-corrected chi connectivity index (χ4v) is 7.06. The lowest BCUT2D eigenvalue weighted by Gasteiger charge is -2.29. The van der Waals surface area contributed by atoms with Crippen LogP contribution in [0.2, 0.25) is 5.02 Å². The van der Waals surface area contributed by atoms with E-state index >= 15 is 0 Å². The maximum Gasteiger partial charge on any atom is 0.226 e. The van der Waals surface area contributed by atoms with Gasteiger partial charge in [0.1, 0.15) is 10.8 Å². The van der Waals surface area contributed by atoms with E-state index in [1.165, 1.54) is 21.0 Å². The number of carbonyl (C=O) groups excluding carboxylic acids is 1. The molecule has 0 unspecified atom stereocenters. The second-order valence-electron chi connectivity index (χ2n) is 8.82. The average Bonchev–Trinajstić information content (AvgIpc) is 3.50. The third-order valence-corrected chi connectivity index (χ3v) is 8.55. The summed E-state index contributed by atoms with van der Waals surface area (Å²) in [5.41, 5.74) is 3.58. The standard InChI is InChI=1S/C24H26ClN5O2S/c1-2-19-27-28-20-13-26-22(15-5-3-4-6-17(15)25)21-16-11-14(12-18(16)33-24(21)30(19)20)23(31)29-7-9-32-10-8-29/h3-6,14,22,26H,2,7-13H2,1H3/t14-,22-/m0/s1. The van der Waals surface area contributed by atoms with Gasteiger partial charge in [-0.05, 0) is 30.0 Å². The van der Waals surface area contributed by atoms with Crippen LogP contribution in [0.5, 0.6) is 0 Å². The van der Waals surface area contributed by atoms with E-state index < -0.39 is 0 Å². The molecule has 7 nitrogen and oxygen atoms in total. The molecule has 1 saturated heterocycles. The first-order chi connectivity index (χ1) is 16.2. The number of benzene rings is 1. The molecule has 2 aromatic heterocycles. The Morgan fingerprint density at radius 3 is 2.85 bits per heavy atom.